The Bertz CT molecular complexity index is 356. The van der Waals surface area contributed by atoms with Crippen molar-refractivity contribution in [1.82, 2.24) is 5.32 Å². The zero-order valence-electron chi connectivity index (χ0n) is 8.85. The first-order valence-electron chi connectivity index (χ1n) is 4.86. The number of benzene rings is 1. The molecule has 0 aliphatic carbocycles. The molecule has 0 saturated carbocycles. The van der Waals surface area contributed by atoms with Crippen LogP contribution in [-0.2, 0) is 11.2 Å². The van der Waals surface area contributed by atoms with Crippen LogP contribution in [0.15, 0.2) is 24.3 Å². The number of halogens is 1. The highest BCUT2D eigenvalue weighted by atomic mass is 35.5. The molecule has 0 aliphatic heterocycles. The Hall–Kier alpha value is -1.04. The Kier molecular flexibility index (Phi) is 4.80. The van der Waals surface area contributed by atoms with Gasteiger partial charge in [-0.1, -0.05) is 29.7 Å². The van der Waals surface area contributed by atoms with E-state index >= 15 is 0 Å². The third kappa shape index (κ3) is 4.22. The molecule has 0 heterocycles. The lowest BCUT2D eigenvalue weighted by atomic mass is 9.76. The normalized spacial score (nSPS) is 12.6. The number of carbonyl (C=O) groups is 1. The lowest BCUT2D eigenvalue weighted by Crippen LogP contribution is -2.47. The van der Waals surface area contributed by atoms with E-state index in [0.29, 0.717) is 11.4 Å². The van der Waals surface area contributed by atoms with Gasteiger partial charge in [-0.15, -0.1) is 0 Å². The lowest BCUT2D eigenvalue weighted by Gasteiger charge is -2.27. The van der Waals surface area contributed by atoms with Gasteiger partial charge < -0.3 is 15.4 Å². The SMILES string of the molecule is CC(=O)N[C@@H](Cc1ccc(Cl)cc1)[B-](O)O. The van der Waals surface area contributed by atoms with Crippen molar-refractivity contribution >= 4 is 24.6 Å². The summed E-state index contributed by atoms with van der Waals surface area (Å²) < 4.78 is 0. The van der Waals surface area contributed by atoms with E-state index in [1.54, 1.807) is 24.3 Å². The maximum absolute atomic E-state index is 10.8. The quantitative estimate of drug-likeness (QED) is 0.668. The summed E-state index contributed by atoms with van der Waals surface area (Å²) in [4.78, 5) is 10.8. The molecular weight excluding hydrogens is 228 g/mol. The summed E-state index contributed by atoms with van der Waals surface area (Å²) in [7, 11) is -1.58. The maximum atomic E-state index is 10.8. The van der Waals surface area contributed by atoms with Crippen LogP contribution in [0.4, 0.5) is 0 Å². The van der Waals surface area contributed by atoms with Gasteiger partial charge in [-0.2, -0.15) is 0 Å². The summed E-state index contributed by atoms with van der Waals surface area (Å²) in [6, 6.07) is 6.98. The highest BCUT2D eigenvalue weighted by Crippen LogP contribution is 2.11. The Morgan fingerprint density at radius 3 is 2.44 bits per heavy atom. The van der Waals surface area contributed by atoms with Gasteiger partial charge in [-0.3, -0.25) is 4.79 Å². The Morgan fingerprint density at radius 2 is 2.00 bits per heavy atom. The van der Waals surface area contributed by atoms with Crippen molar-refractivity contribution in [2.75, 3.05) is 0 Å². The monoisotopic (exact) mass is 241 g/mol. The lowest BCUT2D eigenvalue weighted by molar-refractivity contribution is -0.119. The molecule has 4 nitrogen and oxygen atoms in total. The molecule has 0 spiro atoms. The minimum atomic E-state index is -1.58. The average Bonchev–Trinajstić information content (AvgIpc) is 2.19. The van der Waals surface area contributed by atoms with E-state index in [-0.39, 0.29) is 5.91 Å². The minimum absolute atomic E-state index is 0.299. The van der Waals surface area contributed by atoms with E-state index in [4.69, 9.17) is 21.6 Å². The molecule has 16 heavy (non-hydrogen) atoms. The van der Waals surface area contributed by atoms with E-state index in [9.17, 15) is 4.79 Å². The van der Waals surface area contributed by atoms with Gasteiger partial charge >= 0.3 is 0 Å². The van der Waals surface area contributed by atoms with Crippen LogP contribution in [0.1, 0.15) is 12.5 Å². The Balaban J connectivity index is 2.67. The van der Waals surface area contributed by atoms with Gasteiger partial charge in [0.25, 0.3) is 0 Å². The predicted molar refractivity (Wildman–Crippen MR) is 63.0 cm³/mol. The number of amides is 1. The fourth-order valence-corrected chi connectivity index (χ4v) is 1.49. The predicted octanol–water partition coefficient (Wildman–Crippen LogP) is 0.399. The Labute approximate surface area is 99.4 Å². The summed E-state index contributed by atoms with van der Waals surface area (Å²) in [6.45, 7) is 1.33. The van der Waals surface area contributed by atoms with E-state index in [1.165, 1.54) is 6.92 Å². The molecule has 0 saturated heterocycles. The zero-order valence-corrected chi connectivity index (χ0v) is 9.61. The summed E-state index contributed by atoms with van der Waals surface area (Å²) in [5, 5.41) is 21.3. The molecule has 0 aliphatic rings. The van der Waals surface area contributed by atoms with Crippen molar-refractivity contribution < 1.29 is 14.8 Å². The van der Waals surface area contributed by atoms with E-state index in [2.05, 4.69) is 5.32 Å². The van der Waals surface area contributed by atoms with E-state index in [0.717, 1.165) is 5.56 Å². The number of hydrogen-bond donors (Lipinski definition) is 3. The van der Waals surface area contributed by atoms with Crippen molar-refractivity contribution in [3.8, 4) is 0 Å². The zero-order chi connectivity index (χ0) is 12.1. The van der Waals surface area contributed by atoms with Crippen LogP contribution in [0.5, 0.6) is 0 Å². The Morgan fingerprint density at radius 1 is 1.44 bits per heavy atom. The molecule has 1 aromatic rings. The molecule has 0 unspecified atom stereocenters. The van der Waals surface area contributed by atoms with Crippen molar-refractivity contribution in [2.24, 2.45) is 0 Å². The van der Waals surface area contributed by atoms with Crippen molar-refractivity contribution in [3.63, 3.8) is 0 Å². The first-order chi connectivity index (χ1) is 7.49. The first-order valence-corrected chi connectivity index (χ1v) is 5.24. The van der Waals surface area contributed by atoms with Gasteiger partial charge in [-0.05, 0) is 24.1 Å². The number of nitrogens with one attached hydrogen (secondary N) is 1. The van der Waals surface area contributed by atoms with Crippen molar-refractivity contribution in [1.29, 1.82) is 0 Å². The molecule has 1 radical (unpaired) electrons. The molecule has 0 bridgehead atoms. The van der Waals surface area contributed by atoms with Gasteiger partial charge in [0.05, 0.1) is 0 Å². The summed E-state index contributed by atoms with van der Waals surface area (Å²) in [5.41, 5.74) is 0.872. The third-order valence-corrected chi connectivity index (χ3v) is 2.37. The largest absolute Gasteiger partial charge is 0.604 e. The van der Waals surface area contributed by atoms with Crippen LogP contribution in [0.25, 0.3) is 0 Å². The van der Waals surface area contributed by atoms with Crippen molar-refractivity contribution in [2.45, 2.75) is 19.3 Å². The average molecular weight is 241 g/mol. The maximum Gasteiger partial charge on any atom is 0.214 e. The van der Waals surface area contributed by atoms with Gasteiger partial charge in [-0.25, -0.2) is 0 Å². The van der Waals surface area contributed by atoms with Gasteiger partial charge in [0.2, 0.25) is 5.91 Å². The molecular formula is C10H13BClNO3-. The summed E-state index contributed by atoms with van der Waals surface area (Å²) in [5.74, 6) is -1.01. The number of hydrogen-bond acceptors (Lipinski definition) is 3. The molecule has 1 atom stereocenters. The van der Waals surface area contributed by atoms with Gasteiger partial charge in [0.1, 0.15) is 0 Å². The van der Waals surface area contributed by atoms with Gasteiger partial charge in [0.15, 0.2) is 7.12 Å². The second-order valence-corrected chi connectivity index (χ2v) is 3.99. The second kappa shape index (κ2) is 5.89. The summed E-state index contributed by atoms with van der Waals surface area (Å²) >= 11 is 5.73. The molecule has 1 aromatic carbocycles. The minimum Gasteiger partial charge on any atom is -0.604 e. The van der Waals surface area contributed by atoms with Crippen LogP contribution in [-0.4, -0.2) is 29.0 Å². The highest BCUT2D eigenvalue weighted by Gasteiger charge is 2.11. The second-order valence-electron chi connectivity index (χ2n) is 3.55. The number of rotatable bonds is 4. The van der Waals surface area contributed by atoms with Crippen LogP contribution >= 0.6 is 11.6 Å². The van der Waals surface area contributed by atoms with Crippen molar-refractivity contribution in [3.05, 3.63) is 34.9 Å². The van der Waals surface area contributed by atoms with Gasteiger partial charge in [0, 0.05) is 11.9 Å². The molecule has 6 heteroatoms. The summed E-state index contributed by atoms with van der Waals surface area (Å²) in [6.07, 6.45) is 0.342. The fraction of sp³-hybridized carbons (Fsp3) is 0.300. The van der Waals surface area contributed by atoms with Crippen LogP contribution in [0, 0.1) is 0 Å². The fourth-order valence-electron chi connectivity index (χ4n) is 1.37. The first kappa shape index (κ1) is 13.0. The van der Waals surface area contributed by atoms with Crippen LogP contribution in [0.2, 0.25) is 5.02 Å². The van der Waals surface area contributed by atoms with E-state index < -0.39 is 13.1 Å². The molecule has 1 amide bonds. The smallest absolute Gasteiger partial charge is 0.214 e. The highest BCUT2D eigenvalue weighted by molar-refractivity contribution is 6.43. The topological polar surface area (TPSA) is 69.6 Å². The molecule has 0 fully saturated rings. The molecule has 3 N–H and O–H groups in total. The van der Waals surface area contributed by atoms with E-state index in [1.807, 2.05) is 0 Å². The van der Waals surface area contributed by atoms with Crippen LogP contribution in [0.3, 0.4) is 0 Å². The van der Waals surface area contributed by atoms with Crippen LogP contribution < -0.4 is 5.32 Å². The third-order valence-electron chi connectivity index (χ3n) is 2.12. The molecule has 1 rings (SSSR count). The number of carbonyl (C=O) groups excluding carboxylic acids is 1. The standard InChI is InChI=1S/C10H13BClNO3/c1-7(14)13-10(11(15)16)6-8-2-4-9(12)5-3-8/h2-5,10,15-16H,6H2,1H3,(H,13,14)/q-1/t10-/m0/s1. The molecule has 87 valence electrons. The molecule has 0 aromatic heterocycles.